The van der Waals surface area contributed by atoms with Crippen LogP contribution < -0.4 is 9.62 Å². The first-order valence-electron chi connectivity index (χ1n) is 6.23. The summed E-state index contributed by atoms with van der Waals surface area (Å²) >= 11 is 0. The van der Waals surface area contributed by atoms with Crippen molar-refractivity contribution in [1.82, 2.24) is 5.32 Å². The van der Waals surface area contributed by atoms with Crippen LogP contribution in [0.3, 0.4) is 0 Å². The van der Waals surface area contributed by atoms with E-state index in [0.29, 0.717) is 18.8 Å². The van der Waals surface area contributed by atoms with Gasteiger partial charge in [-0.25, -0.2) is 8.42 Å². The van der Waals surface area contributed by atoms with Crippen molar-refractivity contribution in [3.63, 3.8) is 0 Å². The van der Waals surface area contributed by atoms with E-state index in [9.17, 15) is 13.2 Å². The van der Waals surface area contributed by atoms with Crippen molar-refractivity contribution in [1.29, 1.82) is 0 Å². The van der Waals surface area contributed by atoms with Crippen molar-refractivity contribution in [3.05, 3.63) is 30.3 Å². The van der Waals surface area contributed by atoms with Crippen LogP contribution in [0.15, 0.2) is 30.3 Å². The molecule has 1 aromatic rings. The fourth-order valence-corrected chi connectivity index (χ4v) is 2.59. The molecule has 1 N–H and O–H groups in total. The largest absolute Gasteiger partial charge is 0.383 e. The Bertz CT molecular complexity index is 516. The number of nitrogens with zero attached hydrogens (tertiary/aromatic N) is 1. The highest BCUT2D eigenvalue weighted by Gasteiger charge is 2.18. The van der Waals surface area contributed by atoms with Gasteiger partial charge < -0.3 is 10.1 Å². The van der Waals surface area contributed by atoms with Crippen LogP contribution >= 0.6 is 0 Å². The fraction of sp³-hybridized carbons (Fsp3) is 0.462. The third-order valence-electron chi connectivity index (χ3n) is 2.61. The van der Waals surface area contributed by atoms with Gasteiger partial charge in [0.25, 0.3) is 0 Å². The summed E-state index contributed by atoms with van der Waals surface area (Å²) in [5, 5.41) is 2.66. The third-order valence-corrected chi connectivity index (χ3v) is 3.81. The Kier molecular flexibility index (Phi) is 6.47. The van der Waals surface area contributed by atoms with E-state index < -0.39 is 10.0 Å². The average Bonchev–Trinajstić information content (AvgIpc) is 2.39. The molecule has 112 valence electrons. The normalized spacial score (nSPS) is 11.1. The van der Waals surface area contributed by atoms with Crippen molar-refractivity contribution in [3.8, 4) is 0 Å². The molecule has 0 bridgehead atoms. The highest BCUT2D eigenvalue weighted by molar-refractivity contribution is 7.92. The fourth-order valence-electron chi connectivity index (χ4n) is 1.66. The summed E-state index contributed by atoms with van der Waals surface area (Å²) in [7, 11) is -1.86. The number of carbonyl (C=O) groups excluding carboxylic acids is 1. The van der Waals surface area contributed by atoms with Crippen LogP contribution in [0.5, 0.6) is 0 Å². The summed E-state index contributed by atoms with van der Waals surface area (Å²) in [5.41, 5.74) is 0.555. The summed E-state index contributed by atoms with van der Waals surface area (Å²) in [6.45, 7) is 0.960. The number of hydrogen-bond acceptors (Lipinski definition) is 4. The van der Waals surface area contributed by atoms with Crippen LogP contribution in [0.25, 0.3) is 0 Å². The quantitative estimate of drug-likeness (QED) is 0.714. The Hall–Kier alpha value is -1.60. The zero-order chi connectivity index (χ0) is 15.0. The molecule has 0 unspecified atom stereocenters. The third kappa shape index (κ3) is 5.58. The van der Waals surface area contributed by atoms with Gasteiger partial charge in [0.2, 0.25) is 15.9 Å². The summed E-state index contributed by atoms with van der Waals surface area (Å²) in [6.07, 6.45) is 1.23. The van der Waals surface area contributed by atoms with E-state index in [1.807, 2.05) is 0 Å². The van der Waals surface area contributed by atoms with Crippen molar-refractivity contribution in [2.45, 2.75) is 6.42 Å². The molecule has 0 aliphatic carbocycles. The molecule has 0 radical (unpaired) electrons. The molecule has 1 rings (SSSR count). The van der Waals surface area contributed by atoms with Crippen LogP contribution in [0.2, 0.25) is 0 Å². The number of benzene rings is 1. The first kappa shape index (κ1) is 16.5. The van der Waals surface area contributed by atoms with E-state index in [2.05, 4.69) is 5.32 Å². The molecule has 1 aromatic carbocycles. The minimum absolute atomic E-state index is 0.103. The molecule has 20 heavy (non-hydrogen) atoms. The predicted octanol–water partition coefficient (Wildman–Crippen LogP) is 0.605. The van der Waals surface area contributed by atoms with E-state index in [4.69, 9.17) is 4.74 Å². The molecule has 0 aliphatic heterocycles. The molecular weight excluding hydrogens is 280 g/mol. The van der Waals surface area contributed by atoms with Crippen LogP contribution in [0, 0.1) is 0 Å². The van der Waals surface area contributed by atoms with Gasteiger partial charge in [0, 0.05) is 26.6 Å². The second-order valence-electron chi connectivity index (χ2n) is 4.26. The number of anilines is 1. The van der Waals surface area contributed by atoms with E-state index in [1.165, 1.54) is 4.31 Å². The zero-order valence-corrected chi connectivity index (χ0v) is 12.5. The van der Waals surface area contributed by atoms with Crippen molar-refractivity contribution in [2.75, 3.05) is 37.4 Å². The van der Waals surface area contributed by atoms with Gasteiger partial charge >= 0.3 is 0 Å². The smallest absolute Gasteiger partial charge is 0.232 e. The summed E-state index contributed by atoms with van der Waals surface area (Å²) in [4.78, 5) is 11.6. The van der Waals surface area contributed by atoms with Crippen LogP contribution in [-0.2, 0) is 19.6 Å². The van der Waals surface area contributed by atoms with Gasteiger partial charge in [0.05, 0.1) is 18.6 Å². The first-order chi connectivity index (χ1) is 9.45. The monoisotopic (exact) mass is 300 g/mol. The number of ether oxygens (including phenoxy) is 1. The van der Waals surface area contributed by atoms with Gasteiger partial charge in [-0.2, -0.15) is 0 Å². The second-order valence-corrected chi connectivity index (χ2v) is 6.17. The molecule has 0 aromatic heterocycles. The van der Waals surface area contributed by atoms with Crippen molar-refractivity contribution >= 4 is 21.6 Å². The Morgan fingerprint density at radius 3 is 2.50 bits per heavy atom. The van der Waals surface area contributed by atoms with Gasteiger partial charge in [0.15, 0.2) is 0 Å². The molecule has 0 saturated carbocycles. The lowest BCUT2D eigenvalue weighted by Crippen LogP contribution is -2.35. The summed E-state index contributed by atoms with van der Waals surface area (Å²) in [6, 6.07) is 8.72. The molecule has 0 fully saturated rings. The molecule has 0 spiro atoms. The van der Waals surface area contributed by atoms with Gasteiger partial charge in [-0.15, -0.1) is 0 Å². The van der Waals surface area contributed by atoms with Crippen LogP contribution in [-0.4, -0.2) is 47.4 Å². The highest BCUT2D eigenvalue weighted by atomic mass is 32.2. The Labute approximate surface area is 119 Å². The van der Waals surface area contributed by atoms with Crippen LogP contribution in [0.4, 0.5) is 5.69 Å². The lowest BCUT2D eigenvalue weighted by molar-refractivity contribution is -0.121. The lowest BCUT2D eigenvalue weighted by Gasteiger charge is -2.22. The number of para-hydroxylation sites is 1. The van der Waals surface area contributed by atoms with E-state index in [-0.39, 0.29) is 18.9 Å². The minimum Gasteiger partial charge on any atom is -0.383 e. The minimum atomic E-state index is -3.41. The zero-order valence-electron chi connectivity index (χ0n) is 11.7. The Morgan fingerprint density at radius 2 is 1.95 bits per heavy atom. The highest BCUT2D eigenvalue weighted by Crippen LogP contribution is 2.16. The number of carbonyl (C=O) groups is 1. The Morgan fingerprint density at radius 1 is 1.30 bits per heavy atom. The number of hydrogen-bond donors (Lipinski definition) is 1. The van der Waals surface area contributed by atoms with Gasteiger partial charge in [-0.3, -0.25) is 9.10 Å². The molecule has 0 heterocycles. The standard InChI is InChI=1S/C13H20N2O4S/c1-19-11-9-14-13(16)8-10-15(20(2,17)18)12-6-4-3-5-7-12/h3-7H,8-11H2,1-2H3,(H,14,16). The first-order valence-corrected chi connectivity index (χ1v) is 8.08. The maximum Gasteiger partial charge on any atom is 0.232 e. The molecule has 0 saturated heterocycles. The molecule has 7 heteroatoms. The summed E-state index contributed by atoms with van der Waals surface area (Å²) < 4.78 is 29.6. The van der Waals surface area contributed by atoms with Gasteiger partial charge in [0.1, 0.15) is 0 Å². The predicted molar refractivity (Wildman–Crippen MR) is 78.1 cm³/mol. The van der Waals surface area contributed by atoms with Gasteiger partial charge in [-0.1, -0.05) is 18.2 Å². The van der Waals surface area contributed by atoms with E-state index in [1.54, 1.807) is 37.4 Å². The van der Waals surface area contributed by atoms with E-state index in [0.717, 1.165) is 6.26 Å². The SMILES string of the molecule is COCCNC(=O)CCN(c1ccccc1)S(C)(=O)=O. The molecule has 1 amide bonds. The van der Waals surface area contributed by atoms with Crippen LogP contribution in [0.1, 0.15) is 6.42 Å². The number of amides is 1. The molecular formula is C13H20N2O4S. The topological polar surface area (TPSA) is 75.7 Å². The lowest BCUT2D eigenvalue weighted by atomic mass is 10.3. The Balaban J connectivity index is 2.62. The van der Waals surface area contributed by atoms with E-state index >= 15 is 0 Å². The number of rotatable bonds is 8. The number of methoxy groups -OCH3 is 1. The second kappa shape index (κ2) is 7.86. The van der Waals surface area contributed by atoms with Crippen molar-refractivity contribution in [2.24, 2.45) is 0 Å². The average molecular weight is 300 g/mol. The maximum absolute atomic E-state index is 11.8. The number of nitrogens with one attached hydrogen (secondary N) is 1. The summed E-state index contributed by atoms with van der Waals surface area (Å²) in [5.74, 6) is -0.202. The van der Waals surface area contributed by atoms with Crippen molar-refractivity contribution < 1.29 is 17.9 Å². The maximum atomic E-state index is 11.8. The molecule has 0 atom stereocenters. The molecule has 0 aliphatic rings. The molecule has 6 nitrogen and oxygen atoms in total. The number of sulfonamides is 1. The van der Waals surface area contributed by atoms with Gasteiger partial charge in [-0.05, 0) is 12.1 Å².